The SMILES string of the molecule is C[C@@H]1CC(=O)Nc2ccccc2N1C(=O)COC(=O)c1ccc(S(C)(=O)=O)cc1. The van der Waals surface area contributed by atoms with Crippen molar-refractivity contribution in [3.8, 4) is 0 Å². The number of sulfone groups is 1. The highest BCUT2D eigenvalue weighted by atomic mass is 32.2. The average Bonchev–Trinajstić information content (AvgIpc) is 2.79. The van der Waals surface area contributed by atoms with Crippen LogP contribution in [0.1, 0.15) is 23.7 Å². The molecule has 1 aliphatic heterocycles. The molecule has 0 aliphatic carbocycles. The fourth-order valence-electron chi connectivity index (χ4n) is 3.09. The number of hydrogen-bond acceptors (Lipinski definition) is 6. The minimum absolute atomic E-state index is 0.0808. The molecular formula is C20H20N2O6S. The number of esters is 1. The van der Waals surface area contributed by atoms with E-state index in [1.807, 2.05) is 0 Å². The van der Waals surface area contributed by atoms with Crippen molar-refractivity contribution >= 4 is 39.0 Å². The first-order chi connectivity index (χ1) is 13.7. The van der Waals surface area contributed by atoms with Gasteiger partial charge in [-0.25, -0.2) is 13.2 Å². The molecule has 1 aliphatic rings. The van der Waals surface area contributed by atoms with E-state index in [-0.39, 0.29) is 22.8 Å². The highest BCUT2D eigenvalue weighted by Gasteiger charge is 2.30. The van der Waals surface area contributed by atoms with E-state index < -0.39 is 34.4 Å². The van der Waals surface area contributed by atoms with E-state index in [1.54, 1.807) is 31.2 Å². The van der Waals surface area contributed by atoms with Crippen LogP contribution in [0.5, 0.6) is 0 Å². The van der Waals surface area contributed by atoms with Crippen molar-refractivity contribution in [3.63, 3.8) is 0 Å². The quantitative estimate of drug-likeness (QED) is 0.764. The van der Waals surface area contributed by atoms with E-state index in [0.717, 1.165) is 6.26 Å². The maximum absolute atomic E-state index is 12.8. The lowest BCUT2D eigenvalue weighted by Gasteiger charge is -2.27. The van der Waals surface area contributed by atoms with E-state index in [1.165, 1.54) is 29.2 Å². The van der Waals surface area contributed by atoms with Crippen LogP contribution >= 0.6 is 0 Å². The van der Waals surface area contributed by atoms with Gasteiger partial charge in [-0.1, -0.05) is 12.1 Å². The van der Waals surface area contributed by atoms with Crippen molar-refractivity contribution in [2.24, 2.45) is 0 Å². The Labute approximate surface area is 168 Å². The Morgan fingerprint density at radius 3 is 2.45 bits per heavy atom. The van der Waals surface area contributed by atoms with Crippen molar-refractivity contribution < 1.29 is 27.5 Å². The molecular weight excluding hydrogens is 396 g/mol. The first kappa shape index (κ1) is 20.5. The number of benzene rings is 2. The predicted molar refractivity (Wildman–Crippen MR) is 106 cm³/mol. The Hall–Kier alpha value is -3.20. The van der Waals surface area contributed by atoms with Crippen LogP contribution in [0.15, 0.2) is 53.4 Å². The van der Waals surface area contributed by atoms with Gasteiger partial charge in [0, 0.05) is 18.7 Å². The number of para-hydroxylation sites is 2. The van der Waals surface area contributed by atoms with Crippen molar-refractivity contribution in [2.45, 2.75) is 24.3 Å². The molecule has 8 nitrogen and oxygen atoms in total. The van der Waals surface area contributed by atoms with Crippen molar-refractivity contribution in [1.29, 1.82) is 0 Å². The summed E-state index contributed by atoms with van der Waals surface area (Å²) in [5.74, 6) is -1.42. The fraction of sp³-hybridized carbons (Fsp3) is 0.250. The largest absolute Gasteiger partial charge is 0.452 e. The number of carbonyl (C=O) groups excluding carboxylic acids is 3. The topological polar surface area (TPSA) is 110 Å². The summed E-state index contributed by atoms with van der Waals surface area (Å²) in [5.41, 5.74) is 1.17. The minimum Gasteiger partial charge on any atom is -0.452 e. The maximum Gasteiger partial charge on any atom is 0.338 e. The first-order valence-electron chi connectivity index (χ1n) is 8.85. The summed E-state index contributed by atoms with van der Waals surface area (Å²) in [7, 11) is -3.37. The number of nitrogens with zero attached hydrogens (tertiary/aromatic N) is 1. The number of fused-ring (bicyclic) bond motifs is 1. The molecule has 2 aromatic carbocycles. The van der Waals surface area contributed by atoms with Gasteiger partial charge in [0.2, 0.25) is 5.91 Å². The number of carbonyl (C=O) groups is 3. The Morgan fingerprint density at radius 1 is 1.14 bits per heavy atom. The Morgan fingerprint density at radius 2 is 1.79 bits per heavy atom. The van der Waals surface area contributed by atoms with Crippen LogP contribution in [0.3, 0.4) is 0 Å². The molecule has 2 amide bonds. The van der Waals surface area contributed by atoms with E-state index in [9.17, 15) is 22.8 Å². The number of hydrogen-bond donors (Lipinski definition) is 1. The summed E-state index contributed by atoms with van der Waals surface area (Å²) in [6.45, 7) is 1.23. The van der Waals surface area contributed by atoms with Gasteiger partial charge in [0.25, 0.3) is 5.91 Å². The van der Waals surface area contributed by atoms with Gasteiger partial charge in [0.05, 0.1) is 21.8 Å². The molecule has 0 unspecified atom stereocenters. The number of amides is 2. The zero-order chi connectivity index (χ0) is 21.2. The van der Waals surface area contributed by atoms with E-state index in [4.69, 9.17) is 4.74 Å². The van der Waals surface area contributed by atoms with Crippen LogP contribution in [0.2, 0.25) is 0 Å². The average molecular weight is 416 g/mol. The van der Waals surface area contributed by atoms with Gasteiger partial charge in [-0.3, -0.25) is 9.59 Å². The van der Waals surface area contributed by atoms with Crippen LogP contribution in [-0.4, -0.2) is 45.1 Å². The molecule has 152 valence electrons. The summed E-state index contributed by atoms with van der Waals surface area (Å²) in [6, 6.07) is 11.7. The maximum atomic E-state index is 12.8. The lowest BCUT2D eigenvalue weighted by molar-refractivity contribution is -0.122. The van der Waals surface area contributed by atoms with Gasteiger partial charge in [0.1, 0.15) is 0 Å². The van der Waals surface area contributed by atoms with E-state index >= 15 is 0 Å². The van der Waals surface area contributed by atoms with Crippen LogP contribution in [0.4, 0.5) is 11.4 Å². The number of rotatable bonds is 4. The molecule has 1 heterocycles. The summed E-state index contributed by atoms with van der Waals surface area (Å²) < 4.78 is 28.1. The molecule has 3 rings (SSSR count). The Kier molecular flexibility index (Phi) is 5.69. The monoisotopic (exact) mass is 416 g/mol. The van der Waals surface area contributed by atoms with Crippen molar-refractivity contribution in [3.05, 3.63) is 54.1 Å². The van der Waals surface area contributed by atoms with Crippen LogP contribution in [-0.2, 0) is 24.2 Å². The predicted octanol–water partition coefficient (Wildman–Crippen LogP) is 2.01. The molecule has 0 spiro atoms. The molecule has 1 atom stereocenters. The molecule has 29 heavy (non-hydrogen) atoms. The lowest BCUT2D eigenvalue weighted by atomic mass is 10.1. The molecule has 1 N–H and O–H groups in total. The van der Waals surface area contributed by atoms with Gasteiger partial charge in [-0.05, 0) is 43.3 Å². The number of anilines is 2. The second-order valence-electron chi connectivity index (χ2n) is 6.75. The van der Waals surface area contributed by atoms with Gasteiger partial charge in [0.15, 0.2) is 16.4 Å². The summed E-state index contributed by atoms with van der Waals surface area (Å²) >= 11 is 0. The number of ether oxygens (including phenoxy) is 1. The van der Waals surface area contributed by atoms with Crippen molar-refractivity contribution in [1.82, 2.24) is 0 Å². The highest BCUT2D eigenvalue weighted by molar-refractivity contribution is 7.90. The second kappa shape index (κ2) is 8.04. The molecule has 0 radical (unpaired) electrons. The second-order valence-corrected chi connectivity index (χ2v) is 8.77. The lowest BCUT2D eigenvalue weighted by Crippen LogP contribution is -2.41. The molecule has 9 heteroatoms. The molecule has 0 aromatic heterocycles. The molecule has 0 saturated carbocycles. The summed E-state index contributed by atoms with van der Waals surface area (Å²) in [6.07, 6.45) is 1.18. The first-order valence-corrected chi connectivity index (χ1v) is 10.7. The van der Waals surface area contributed by atoms with Gasteiger partial charge in [-0.15, -0.1) is 0 Å². The number of nitrogens with one attached hydrogen (secondary N) is 1. The van der Waals surface area contributed by atoms with Crippen LogP contribution < -0.4 is 10.2 Å². The Balaban J connectivity index is 1.73. The van der Waals surface area contributed by atoms with Gasteiger partial charge >= 0.3 is 5.97 Å². The van der Waals surface area contributed by atoms with Gasteiger partial charge < -0.3 is 15.0 Å². The highest BCUT2D eigenvalue weighted by Crippen LogP contribution is 2.31. The third kappa shape index (κ3) is 4.62. The molecule has 0 fully saturated rings. The van der Waals surface area contributed by atoms with Crippen LogP contribution in [0.25, 0.3) is 0 Å². The van der Waals surface area contributed by atoms with Crippen LogP contribution in [0, 0.1) is 0 Å². The van der Waals surface area contributed by atoms with Gasteiger partial charge in [-0.2, -0.15) is 0 Å². The fourth-order valence-corrected chi connectivity index (χ4v) is 3.72. The molecule has 0 bridgehead atoms. The third-order valence-electron chi connectivity index (χ3n) is 4.47. The summed E-state index contributed by atoms with van der Waals surface area (Å²) in [4.78, 5) is 38.5. The van der Waals surface area contributed by atoms with E-state index in [2.05, 4.69) is 5.32 Å². The minimum atomic E-state index is -3.37. The smallest absolute Gasteiger partial charge is 0.338 e. The van der Waals surface area contributed by atoms with Crippen molar-refractivity contribution in [2.75, 3.05) is 23.1 Å². The zero-order valence-corrected chi connectivity index (χ0v) is 16.7. The normalized spacial score (nSPS) is 16.4. The molecule has 0 saturated heterocycles. The Bertz CT molecular complexity index is 1060. The standard InChI is InChI=1S/C20H20N2O6S/c1-13-11-18(23)21-16-5-3-4-6-17(16)22(13)19(24)12-28-20(25)14-7-9-15(10-8-14)29(2,26)27/h3-10,13H,11-12H2,1-2H3,(H,21,23)/t13-/m1/s1. The molecule has 2 aromatic rings. The zero-order valence-electron chi connectivity index (χ0n) is 15.9. The van der Waals surface area contributed by atoms with E-state index in [0.29, 0.717) is 11.4 Å². The third-order valence-corrected chi connectivity index (χ3v) is 5.60. The summed E-state index contributed by atoms with van der Waals surface area (Å²) in [5, 5.41) is 2.76.